The lowest BCUT2D eigenvalue weighted by Crippen LogP contribution is -2.74. The molecule has 5 fully saturated rings. The molecule has 3 aliphatic carbocycles. The zero-order valence-electron chi connectivity index (χ0n) is 20.5. The molecule has 0 radical (unpaired) electrons. The van der Waals surface area contributed by atoms with Gasteiger partial charge in [-0.1, -0.05) is 0 Å². The number of aliphatic hydroxyl groups is 2. The van der Waals surface area contributed by atoms with Crippen LogP contribution in [0.4, 0.5) is 0 Å². The van der Waals surface area contributed by atoms with E-state index in [0.717, 1.165) is 24.8 Å². The fourth-order valence-corrected chi connectivity index (χ4v) is 10.0. The molecule has 192 valence electrons. The van der Waals surface area contributed by atoms with E-state index in [1.54, 1.807) is 0 Å². The van der Waals surface area contributed by atoms with Crippen molar-refractivity contribution in [3.8, 4) is 0 Å². The zero-order valence-corrected chi connectivity index (χ0v) is 20.5. The van der Waals surface area contributed by atoms with Gasteiger partial charge < -0.3 is 24.8 Å². The van der Waals surface area contributed by atoms with Crippen LogP contribution in [0, 0.1) is 29.6 Å². The van der Waals surface area contributed by atoms with Crippen molar-refractivity contribution in [3.63, 3.8) is 0 Å². The lowest BCUT2D eigenvalue weighted by Gasteiger charge is -2.65. The van der Waals surface area contributed by atoms with Crippen molar-refractivity contribution in [3.05, 3.63) is 11.1 Å². The van der Waals surface area contributed by atoms with Crippen LogP contribution >= 0.6 is 0 Å². The van der Waals surface area contributed by atoms with Crippen LogP contribution in [-0.4, -0.2) is 80.7 Å². The van der Waals surface area contributed by atoms with Crippen molar-refractivity contribution in [2.45, 2.75) is 94.2 Å². The lowest BCUT2D eigenvalue weighted by molar-refractivity contribution is -0.187. The second-order valence-corrected chi connectivity index (χ2v) is 11.8. The molecule has 0 amide bonds. The Labute approximate surface area is 204 Å². The van der Waals surface area contributed by atoms with E-state index in [2.05, 4.69) is 11.8 Å². The smallest absolute Gasteiger partial charge is 0.336 e. The number of nitrogens with zero attached hydrogens (tertiary/aromatic N) is 1. The summed E-state index contributed by atoms with van der Waals surface area (Å²) in [6.07, 6.45) is 1.99. The molecular formula is C26H35NO8. The highest BCUT2D eigenvalue weighted by Crippen LogP contribution is 2.76. The van der Waals surface area contributed by atoms with Crippen LogP contribution < -0.4 is 0 Å². The Balaban J connectivity index is 1.61. The van der Waals surface area contributed by atoms with E-state index in [-0.39, 0.29) is 41.8 Å². The molecule has 3 saturated heterocycles. The van der Waals surface area contributed by atoms with E-state index < -0.39 is 53.1 Å². The molecule has 1 spiro atoms. The summed E-state index contributed by atoms with van der Waals surface area (Å²) in [7, 11) is 1.28. The topological polar surface area (TPSA) is 134 Å². The largest absolute Gasteiger partial charge is 0.481 e. The van der Waals surface area contributed by atoms with Crippen molar-refractivity contribution >= 4 is 17.9 Å². The summed E-state index contributed by atoms with van der Waals surface area (Å²) in [5.74, 6) is -3.23. The van der Waals surface area contributed by atoms with Gasteiger partial charge in [0.05, 0.1) is 36.9 Å². The Morgan fingerprint density at radius 3 is 2.49 bits per heavy atom. The first-order valence-corrected chi connectivity index (χ1v) is 13.0. The number of fused-ring (bicyclic) bond motifs is 2. The van der Waals surface area contributed by atoms with Crippen molar-refractivity contribution < 1.29 is 39.2 Å². The molecule has 12 atom stereocenters. The van der Waals surface area contributed by atoms with Crippen LogP contribution in [0.2, 0.25) is 0 Å². The highest BCUT2D eigenvalue weighted by molar-refractivity contribution is 5.93. The van der Waals surface area contributed by atoms with Crippen LogP contribution in [0.1, 0.15) is 58.8 Å². The van der Waals surface area contributed by atoms with Gasteiger partial charge in [0.2, 0.25) is 0 Å². The molecule has 2 saturated carbocycles. The second kappa shape index (κ2) is 7.52. The predicted octanol–water partition coefficient (Wildman–Crippen LogP) is 1.26. The monoisotopic (exact) mass is 489 g/mol. The Morgan fingerprint density at radius 1 is 1.11 bits per heavy atom. The number of hydrogen-bond donors (Lipinski definition) is 3. The number of esters is 2. The average Bonchev–Trinajstić information content (AvgIpc) is 3.19. The third-order valence-corrected chi connectivity index (χ3v) is 10.6. The third-order valence-electron chi connectivity index (χ3n) is 10.6. The van der Waals surface area contributed by atoms with Crippen molar-refractivity contribution in [2.24, 2.45) is 29.6 Å². The minimum Gasteiger partial charge on any atom is -0.481 e. The van der Waals surface area contributed by atoms with E-state index >= 15 is 0 Å². The predicted molar refractivity (Wildman–Crippen MR) is 121 cm³/mol. The van der Waals surface area contributed by atoms with Gasteiger partial charge in [-0.25, -0.2) is 4.79 Å². The highest BCUT2D eigenvalue weighted by atomic mass is 16.6. The van der Waals surface area contributed by atoms with Gasteiger partial charge in [-0.05, 0) is 63.2 Å². The van der Waals surface area contributed by atoms with E-state index in [0.29, 0.717) is 19.3 Å². The number of carboxylic acids is 1. The van der Waals surface area contributed by atoms with E-state index in [1.165, 1.54) is 14.0 Å². The molecule has 6 rings (SSSR count). The maximum atomic E-state index is 13.4. The molecule has 5 bridgehead atoms. The number of carbonyl (C=O) groups is 3. The molecule has 3 aliphatic heterocycles. The molecule has 1 unspecified atom stereocenters. The number of carboxylic acid groups (broad SMARTS) is 1. The van der Waals surface area contributed by atoms with Gasteiger partial charge in [-0.3, -0.25) is 14.5 Å². The molecule has 0 aromatic heterocycles. The first-order chi connectivity index (χ1) is 16.6. The number of aliphatic carboxylic acids is 1. The van der Waals surface area contributed by atoms with Crippen LogP contribution in [0.3, 0.4) is 0 Å². The Morgan fingerprint density at radius 2 is 1.83 bits per heavy atom. The summed E-state index contributed by atoms with van der Waals surface area (Å²) in [5, 5.41) is 32.6. The van der Waals surface area contributed by atoms with Gasteiger partial charge >= 0.3 is 17.9 Å². The molecule has 3 heterocycles. The summed E-state index contributed by atoms with van der Waals surface area (Å²) in [4.78, 5) is 39.9. The number of carbonyl (C=O) groups excluding carboxylic acids is 2. The van der Waals surface area contributed by atoms with Gasteiger partial charge in [0.15, 0.2) is 0 Å². The van der Waals surface area contributed by atoms with Gasteiger partial charge in [-0.15, -0.1) is 0 Å². The number of methoxy groups -OCH3 is 1. The van der Waals surface area contributed by atoms with Crippen LogP contribution in [0.25, 0.3) is 0 Å². The summed E-state index contributed by atoms with van der Waals surface area (Å²) < 4.78 is 11.4. The summed E-state index contributed by atoms with van der Waals surface area (Å²) in [5.41, 5.74) is -0.718. The zero-order chi connectivity index (χ0) is 25.0. The number of rotatable bonds is 4. The second-order valence-electron chi connectivity index (χ2n) is 11.8. The number of aliphatic hydroxyl groups excluding tert-OH is 2. The Bertz CT molecular complexity index is 1020. The Kier molecular flexibility index (Phi) is 5.04. The molecule has 35 heavy (non-hydrogen) atoms. The molecule has 3 N–H and O–H groups in total. The normalized spacial score (nSPS) is 51.0. The molecular weight excluding hydrogens is 454 g/mol. The fourth-order valence-electron chi connectivity index (χ4n) is 10.0. The maximum absolute atomic E-state index is 13.4. The van der Waals surface area contributed by atoms with Crippen LogP contribution in [-0.2, 0) is 23.9 Å². The summed E-state index contributed by atoms with van der Waals surface area (Å²) >= 11 is 0. The lowest BCUT2D eigenvalue weighted by atomic mass is 9.51. The minimum atomic E-state index is -1.32. The van der Waals surface area contributed by atoms with Crippen molar-refractivity contribution in [1.29, 1.82) is 0 Å². The maximum Gasteiger partial charge on any atom is 0.336 e. The standard InChI is InChI=1S/C26H35NO8/c1-11-4-6-15-17-9-14-10-25(15,35-12(2)28)23-20(24(33)34-3)22(32)19-16(26(14,23)27(11)17)7-5-13(21(19)31)8-18(29)30/h11,13-17,19,21-22,31-32H,4-10H2,1-3H3,(H,29,30)/t11-,13+,14-,15+,16+,17+,19-,21-,22-,25+,26+/m1/s1. The van der Waals surface area contributed by atoms with Gasteiger partial charge in [-0.2, -0.15) is 0 Å². The average molecular weight is 490 g/mol. The van der Waals surface area contributed by atoms with Crippen molar-refractivity contribution in [2.75, 3.05) is 7.11 Å². The number of ether oxygens (including phenoxy) is 2. The SMILES string of the molecule is COC(=O)C1=C2[C@]3([C@@H]4C[C@H]5[C@H](CC[C@@H](C)N53)[C@@]2(OC(C)=O)C4)[C@H]2CC[C@@H](CC(=O)O)[C@@H](O)[C@@H]2[C@H]1O. The van der Waals surface area contributed by atoms with Crippen LogP contribution in [0.15, 0.2) is 11.1 Å². The molecule has 9 nitrogen and oxygen atoms in total. The molecule has 6 aliphatic rings. The number of piperidine rings is 2. The number of hydrogen-bond acceptors (Lipinski definition) is 8. The first kappa shape index (κ1) is 23.4. The third kappa shape index (κ3) is 2.67. The van der Waals surface area contributed by atoms with E-state index in [1.807, 2.05) is 0 Å². The van der Waals surface area contributed by atoms with E-state index in [9.17, 15) is 29.7 Å². The minimum absolute atomic E-state index is 0.0427. The highest BCUT2D eigenvalue weighted by Gasteiger charge is 2.82. The van der Waals surface area contributed by atoms with Crippen LogP contribution in [0.5, 0.6) is 0 Å². The van der Waals surface area contributed by atoms with Gasteiger partial charge in [0.1, 0.15) is 5.60 Å². The van der Waals surface area contributed by atoms with Gasteiger partial charge in [0.25, 0.3) is 0 Å². The van der Waals surface area contributed by atoms with Gasteiger partial charge in [0, 0.05) is 36.4 Å². The molecule has 9 heteroatoms. The quantitative estimate of drug-likeness (QED) is 0.499. The molecule has 0 aromatic rings. The van der Waals surface area contributed by atoms with E-state index in [4.69, 9.17) is 9.47 Å². The molecule has 0 aromatic carbocycles. The first-order valence-electron chi connectivity index (χ1n) is 13.0. The fraction of sp³-hybridized carbons (Fsp3) is 0.808. The Hall–Kier alpha value is -1.97. The summed E-state index contributed by atoms with van der Waals surface area (Å²) in [6, 6.07) is 0.456. The van der Waals surface area contributed by atoms with Crippen molar-refractivity contribution in [1.82, 2.24) is 4.90 Å². The summed E-state index contributed by atoms with van der Waals surface area (Å²) in [6.45, 7) is 3.61.